The maximum absolute atomic E-state index is 11.2. The molecule has 0 spiro atoms. The number of hydrogen-bond acceptors (Lipinski definition) is 3. The fourth-order valence-corrected chi connectivity index (χ4v) is 1.07. The zero-order chi connectivity index (χ0) is 9.56. The zero-order valence-electron chi connectivity index (χ0n) is 7.79. The highest BCUT2D eigenvalue weighted by Gasteiger charge is 2.19. The van der Waals surface area contributed by atoms with Crippen molar-refractivity contribution >= 4 is 5.78 Å². The maximum atomic E-state index is 11.2. The molecule has 0 bridgehead atoms. The Kier molecular flexibility index (Phi) is 5.93. The SMILES string of the molecule is CCCC(=O)C(C)C(O)CCO. The number of aliphatic hydroxyl groups is 2. The van der Waals surface area contributed by atoms with Crippen LogP contribution in [0.2, 0.25) is 0 Å². The minimum absolute atomic E-state index is 0.0646. The largest absolute Gasteiger partial charge is 0.396 e. The summed E-state index contributed by atoms with van der Waals surface area (Å²) in [4.78, 5) is 11.2. The van der Waals surface area contributed by atoms with Gasteiger partial charge in [0.25, 0.3) is 0 Å². The smallest absolute Gasteiger partial charge is 0.138 e. The predicted octanol–water partition coefficient (Wildman–Crippen LogP) is 0.735. The van der Waals surface area contributed by atoms with Crippen LogP contribution in [0, 0.1) is 5.92 Å². The molecule has 72 valence electrons. The van der Waals surface area contributed by atoms with E-state index < -0.39 is 6.10 Å². The Hall–Kier alpha value is -0.410. The van der Waals surface area contributed by atoms with Gasteiger partial charge in [-0.3, -0.25) is 4.79 Å². The molecule has 0 aliphatic heterocycles. The van der Waals surface area contributed by atoms with Gasteiger partial charge in [0, 0.05) is 18.9 Å². The summed E-state index contributed by atoms with van der Waals surface area (Å²) in [5.74, 6) is -0.254. The second-order valence-electron chi connectivity index (χ2n) is 3.08. The van der Waals surface area contributed by atoms with Gasteiger partial charge in [0.2, 0.25) is 0 Å². The number of carbonyl (C=O) groups is 1. The van der Waals surface area contributed by atoms with Crippen molar-refractivity contribution in [3.63, 3.8) is 0 Å². The summed E-state index contributed by atoms with van der Waals surface area (Å²) in [5, 5.41) is 17.9. The molecular formula is C9H18O3. The van der Waals surface area contributed by atoms with Crippen molar-refractivity contribution in [2.24, 2.45) is 5.92 Å². The number of Topliss-reactive ketones (excluding diaryl/α,β-unsaturated/α-hetero) is 1. The molecule has 0 aliphatic carbocycles. The van der Waals surface area contributed by atoms with Crippen LogP contribution < -0.4 is 0 Å². The minimum Gasteiger partial charge on any atom is -0.396 e. The Balaban J connectivity index is 3.82. The van der Waals surface area contributed by atoms with Crippen molar-refractivity contribution < 1.29 is 15.0 Å². The zero-order valence-corrected chi connectivity index (χ0v) is 7.79. The van der Waals surface area contributed by atoms with E-state index in [0.29, 0.717) is 6.42 Å². The lowest BCUT2D eigenvalue weighted by molar-refractivity contribution is -0.125. The molecule has 2 unspecified atom stereocenters. The Morgan fingerprint density at radius 3 is 2.50 bits per heavy atom. The highest BCUT2D eigenvalue weighted by Crippen LogP contribution is 2.10. The Morgan fingerprint density at radius 1 is 1.50 bits per heavy atom. The van der Waals surface area contributed by atoms with E-state index in [1.54, 1.807) is 6.92 Å². The van der Waals surface area contributed by atoms with E-state index >= 15 is 0 Å². The summed E-state index contributed by atoms with van der Waals surface area (Å²) in [6, 6.07) is 0. The summed E-state index contributed by atoms with van der Waals surface area (Å²) in [6.07, 6.45) is 0.934. The van der Waals surface area contributed by atoms with Crippen LogP contribution in [0.1, 0.15) is 33.1 Å². The fourth-order valence-electron chi connectivity index (χ4n) is 1.07. The first-order chi connectivity index (χ1) is 5.63. The average molecular weight is 174 g/mol. The van der Waals surface area contributed by atoms with Crippen molar-refractivity contribution in [1.29, 1.82) is 0 Å². The summed E-state index contributed by atoms with van der Waals surface area (Å²) in [6.45, 7) is 3.58. The Morgan fingerprint density at radius 2 is 2.08 bits per heavy atom. The van der Waals surface area contributed by atoms with Crippen LogP contribution in [0.5, 0.6) is 0 Å². The first kappa shape index (κ1) is 11.6. The third-order valence-electron chi connectivity index (χ3n) is 2.01. The molecule has 2 atom stereocenters. The molecule has 0 saturated heterocycles. The normalized spacial score (nSPS) is 15.7. The highest BCUT2D eigenvalue weighted by molar-refractivity contribution is 5.81. The van der Waals surface area contributed by atoms with Crippen molar-refractivity contribution in [1.82, 2.24) is 0 Å². The van der Waals surface area contributed by atoms with Crippen LogP contribution in [0.15, 0.2) is 0 Å². The van der Waals surface area contributed by atoms with E-state index in [-0.39, 0.29) is 24.7 Å². The molecule has 0 amide bonds. The molecular weight excluding hydrogens is 156 g/mol. The van der Waals surface area contributed by atoms with Crippen molar-refractivity contribution in [3.05, 3.63) is 0 Å². The molecule has 0 aromatic rings. The lowest BCUT2D eigenvalue weighted by Crippen LogP contribution is -2.26. The van der Waals surface area contributed by atoms with Crippen LogP contribution in [0.25, 0.3) is 0 Å². The quantitative estimate of drug-likeness (QED) is 0.624. The number of carbonyl (C=O) groups excluding carboxylic acids is 1. The van der Waals surface area contributed by atoms with Crippen LogP contribution in [-0.4, -0.2) is 28.7 Å². The minimum atomic E-state index is -0.686. The standard InChI is InChI=1S/C9H18O3/c1-3-4-8(11)7(2)9(12)5-6-10/h7,9-10,12H,3-6H2,1-2H3. The van der Waals surface area contributed by atoms with Gasteiger partial charge in [-0.25, -0.2) is 0 Å². The van der Waals surface area contributed by atoms with Gasteiger partial charge >= 0.3 is 0 Å². The lowest BCUT2D eigenvalue weighted by Gasteiger charge is -2.15. The van der Waals surface area contributed by atoms with Gasteiger partial charge in [-0.05, 0) is 12.8 Å². The molecule has 0 rings (SSSR count). The molecule has 0 aromatic carbocycles. The average Bonchev–Trinajstić information content (AvgIpc) is 2.04. The second-order valence-corrected chi connectivity index (χ2v) is 3.08. The third kappa shape index (κ3) is 3.83. The molecule has 2 N–H and O–H groups in total. The number of aliphatic hydroxyl groups excluding tert-OH is 2. The van der Waals surface area contributed by atoms with Crippen LogP contribution >= 0.6 is 0 Å². The van der Waals surface area contributed by atoms with E-state index in [1.807, 2.05) is 6.92 Å². The second kappa shape index (κ2) is 6.14. The number of rotatable bonds is 6. The van der Waals surface area contributed by atoms with Crippen molar-refractivity contribution in [2.75, 3.05) is 6.61 Å². The van der Waals surface area contributed by atoms with Gasteiger partial charge in [0.15, 0.2) is 0 Å². The Labute approximate surface area is 73.4 Å². The predicted molar refractivity (Wildman–Crippen MR) is 46.8 cm³/mol. The van der Waals surface area contributed by atoms with Gasteiger partial charge in [-0.2, -0.15) is 0 Å². The lowest BCUT2D eigenvalue weighted by atomic mass is 9.95. The summed E-state index contributed by atoms with van der Waals surface area (Å²) in [7, 11) is 0. The number of hydrogen-bond donors (Lipinski definition) is 2. The van der Waals surface area contributed by atoms with Crippen molar-refractivity contribution in [2.45, 2.75) is 39.2 Å². The van der Waals surface area contributed by atoms with E-state index in [0.717, 1.165) is 6.42 Å². The molecule has 0 radical (unpaired) electrons. The first-order valence-electron chi connectivity index (χ1n) is 4.45. The number of ketones is 1. The maximum Gasteiger partial charge on any atom is 0.138 e. The van der Waals surface area contributed by atoms with Gasteiger partial charge < -0.3 is 10.2 Å². The van der Waals surface area contributed by atoms with Crippen LogP contribution in [0.3, 0.4) is 0 Å². The Bertz CT molecular complexity index is 134. The summed E-state index contributed by atoms with van der Waals surface area (Å²) in [5.41, 5.74) is 0. The molecule has 0 aliphatic rings. The summed E-state index contributed by atoms with van der Waals surface area (Å²) < 4.78 is 0. The van der Waals surface area contributed by atoms with E-state index in [4.69, 9.17) is 5.11 Å². The molecule has 0 heterocycles. The van der Waals surface area contributed by atoms with Crippen LogP contribution in [-0.2, 0) is 4.79 Å². The van der Waals surface area contributed by atoms with Gasteiger partial charge in [-0.15, -0.1) is 0 Å². The van der Waals surface area contributed by atoms with Crippen LogP contribution in [0.4, 0.5) is 0 Å². The summed E-state index contributed by atoms with van der Waals surface area (Å²) >= 11 is 0. The van der Waals surface area contributed by atoms with E-state index in [9.17, 15) is 9.90 Å². The molecule has 0 saturated carbocycles. The molecule has 0 fully saturated rings. The third-order valence-corrected chi connectivity index (χ3v) is 2.01. The van der Waals surface area contributed by atoms with Gasteiger partial charge in [0.1, 0.15) is 5.78 Å². The molecule has 3 heteroatoms. The van der Waals surface area contributed by atoms with E-state index in [2.05, 4.69) is 0 Å². The molecule has 0 aromatic heterocycles. The first-order valence-corrected chi connectivity index (χ1v) is 4.45. The molecule has 3 nitrogen and oxygen atoms in total. The van der Waals surface area contributed by atoms with Gasteiger partial charge in [0.05, 0.1) is 6.10 Å². The van der Waals surface area contributed by atoms with E-state index in [1.165, 1.54) is 0 Å². The van der Waals surface area contributed by atoms with Gasteiger partial charge in [-0.1, -0.05) is 13.8 Å². The fraction of sp³-hybridized carbons (Fsp3) is 0.889. The topological polar surface area (TPSA) is 57.5 Å². The highest BCUT2D eigenvalue weighted by atomic mass is 16.3. The molecule has 12 heavy (non-hydrogen) atoms. The van der Waals surface area contributed by atoms with Crippen molar-refractivity contribution in [3.8, 4) is 0 Å². The monoisotopic (exact) mass is 174 g/mol.